The van der Waals surface area contributed by atoms with Crippen molar-refractivity contribution in [1.29, 1.82) is 0 Å². The van der Waals surface area contributed by atoms with Crippen molar-refractivity contribution in [3.05, 3.63) is 39.6 Å². The molecule has 0 saturated heterocycles. The number of Topliss-reactive ketones (excluding diaryl/α,β-unsaturated/α-hetero) is 1. The summed E-state index contributed by atoms with van der Waals surface area (Å²) in [6.45, 7) is 5.75. The molecule has 2 aromatic rings. The highest BCUT2D eigenvalue weighted by Crippen LogP contribution is 2.26. The maximum Gasteiger partial charge on any atom is 0.176 e. The standard InChI is InChI=1S/C13H14BrNO/c1-4-10-7-12-11(14)5-6-15(12)13(8(10)2)9(3)16/h5-7H,4H2,1-3H3. The molecule has 0 fully saturated rings. The quantitative estimate of drug-likeness (QED) is 0.767. The Bertz CT molecular complexity index is 569. The minimum atomic E-state index is 0.112. The molecule has 3 heteroatoms. The van der Waals surface area contributed by atoms with Crippen molar-refractivity contribution < 1.29 is 4.79 Å². The number of aryl methyl sites for hydroxylation is 1. The number of carbonyl (C=O) groups is 1. The van der Waals surface area contributed by atoms with Crippen molar-refractivity contribution in [1.82, 2.24) is 4.40 Å². The van der Waals surface area contributed by atoms with E-state index in [2.05, 4.69) is 28.9 Å². The molecular weight excluding hydrogens is 266 g/mol. The zero-order valence-corrected chi connectivity index (χ0v) is 11.3. The molecule has 84 valence electrons. The number of fused-ring (bicyclic) bond motifs is 1. The van der Waals surface area contributed by atoms with Gasteiger partial charge in [-0.15, -0.1) is 0 Å². The summed E-state index contributed by atoms with van der Waals surface area (Å²) < 4.78 is 2.99. The number of hydrogen-bond acceptors (Lipinski definition) is 1. The van der Waals surface area contributed by atoms with Gasteiger partial charge in [-0.1, -0.05) is 6.92 Å². The van der Waals surface area contributed by atoms with Gasteiger partial charge in [0.1, 0.15) is 0 Å². The SMILES string of the molecule is CCc1cc2c(Br)ccn2c(C(C)=O)c1C. The largest absolute Gasteiger partial charge is 0.313 e. The molecule has 0 aliphatic carbocycles. The lowest BCUT2D eigenvalue weighted by Crippen LogP contribution is -2.07. The fourth-order valence-electron chi connectivity index (χ4n) is 2.16. The Kier molecular flexibility index (Phi) is 2.89. The van der Waals surface area contributed by atoms with Crippen molar-refractivity contribution in [3.63, 3.8) is 0 Å². The highest BCUT2D eigenvalue weighted by atomic mass is 79.9. The van der Waals surface area contributed by atoms with E-state index in [1.54, 1.807) is 6.92 Å². The maximum atomic E-state index is 11.7. The third kappa shape index (κ3) is 1.59. The minimum absolute atomic E-state index is 0.112. The molecule has 0 amide bonds. The molecule has 0 atom stereocenters. The predicted octanol–water partition coefficient (Wildman–Crippen LogP) is 3.78. The second kappa shape index (κ2) is 4.06. The lowest BCUT2D eigenvalue weighted by Gasteiger charge is -2.11. The van der Waals surface area contributed by atoms with Crippen LogP contribution in [0.15, 0.2) is 22.8 Å². The lowest BCUT2D eigenvalue weighted by atomic mass is 10.0. The van der Waals surface area contributed by atoms with Crippen LogP contribution in [0.3, 0.4) is 0 Å². The van der Waals surface area contributed by atoms with Crippen LogP contribution in [0.5, 0.6) is 0 Å². The number of hydrogen-bond donors (Lipinski definition) is 0. The molecule has 0 unspecified atom stereocenters. The number of ketones is 1. The van der Waals surface area contributed by atoms with Crippen LogP contribution < -0.4 is 0 Å². The first-order valence-electron chi connectivity index (χ1n) is 5.36. The van der Waals surface area contributed by atoms with Crippen LogP contribution in [0.2, 0.25) is 0 Å². The van der Waals surface area contributed by atoms with Gasteiger partial charge in [0.25, 0.3) is 0 Å². The monoisotopic (exact) mass is 279 g/mol. The third-order valence-electron chi connectivity index (χ3n) is 2.98. The Hall–Kier alpha value is -1.09. The highest BCUT2D eigenvalue weighted by Gasteiger charge is 2.14. The predicted molar refractivity (Wildman–Crippen MR) is 69.2 cm³/mol. The van der Waals surface area contributed by atoms with Gasteiger partial charge in [-0.2, -0.15) is 0 Å². The molecule has 2 aromatic heterocycles. The Morgan fingerprint density at radius 3 is 2.75 bits per heavy atom. The summed E-state index contributed by atoms with van der Waals surface area (Å²) in [6.07, 6.45) is 2.88. The van der Waals surface area contributed by atoms with Crippen molar-refractivity contribution in [2.45, 2.75) is 27.2 Å². The van der Waals surface area contributed by atoms with E-state index in [0.29, 0.717) is 0 Å². The summed E-state index contributed by atoms with van der Waals surface area (Å²) in [5.41, 5.74) is 4.18. The first-order valence-corrected chi connectivity index (χ1v) is 6.15. The van der Waals surface area contributed by atoms with Crippen LogP contribution in [0.1, 0.15) is 35.5 Å². The summed E-state index contributed by atoms with van der Waals surface area (Å²) >= 11 is 3.51. The van der Waals surface area contributed by atoms with E-state index in [4.69, 9.17) is 0 Å². The lowest BCUT2D eigenvalue weighted by molar-refractivity contribution is 0.101. The van der Waals surface area contributed by atoms with Gasteiger partial charge in [0.15, 0.2) is 5.78 Å². The van der Waals surface area contributed by atoms with Crippen LogP contribution in [-0.2, 0) is 6.42 Å². The summed E-state index contributed by atoms with van der Waals surface area (Å²) in [5, 5.41) is 0. The Morgan fingerprint density at radius 1 is 1.50 bits per heavy atom. The maximum absolute atomic E-state index is 11.7. The number of pyridine rings is 1. The molecular formula is C13H14BrNO. The van der Waals surface area contributed by atoms with Gasteiger partial charge in [-0.3, -0.25) is 4.79 Å². The van der Waals surface area contributed by atoms with E-state index in [0.717, 1.165) is 27.7 Å². The van der Waals surface area contributed by atoms with Gasteiger partial charge in [-0.05, 0) is 52.5 Å². The zero-order chi connectivity index (χ0) is 11.9. The molecule has 0 radical (unpaired) electrons. The van der Waals surface area contributed by atoms with Crippen molar-refractivity contribution in [2.75, 3.05) is 0 Å². The Balaban J connectivity index is 2.92. The molecule has 16 heavy (non-hydrogen) atoms. The van der Waals surface area contributed by atoms with E-state index in [-0.39, 0.29) is 5.78 Å². The van der Waals surface area contributed by atoms with Crippen LogP contribution in [0, 0.1) is 6.92 Å². The van der Waals surface area contributed by atoms with Gasteiger partial charge in [-0.25, -0.2) is 0 Å². The van der Waals surface area contributed by atoms with Crippen molar-refractivity contribution in [3.8, 4) is 0 Å². The van der Waals surface area contributed by atoms with Crippen molar-refractivity contribution in [2.24, 2.45) is 0 Å². The fraction of sp³-hybridized carbons (Fsp3) is 0.308. The van der Waals surface area contributed by atoms with Crippen LogP contribution in [0.4, 0.5) is 0 Å². The molecule has 2 nitrogen and oxygen atoms in total. The molecule has 0 N–H and O–H groups in total. The summed E-state index contributed by atoms with van der Waals surface area (Å²) in [6, 6.07) is 4.12. The number of carbonyl (C=O) groups excluding carboxylic acids is 1. The van der Waals surface area contributed by atoms with Gasteiger partial charge in [0, 0.05) is 17.6 Å². The summed E-state index contributed by atoms with van der Waals surface area (Å²) in [7, 11) is 0. The molecule has 2 heterocycles. The number of halogens is 1. The van der Waals surface area contributed by atoms with E-state index in [9.17, 15) is 4.79 Å². The van der Waals surface area contributed by atoms with Gasteiger partial charge < -0.3 is 4.40 Å². The van der Waals surface area contributed by atoms with Gasteiger partial charge >= 0.3 is 0 Å². The normalized spacial score (nSPS) is 11.0. The zero-order valence-electron chi connectivity index (χ0n) is 9.67. The second-order valence-electron chi connectivity index (χ2n) is 3.97. The molecule has 0 saturated carbocycles. The van der Waals surface area contributed by atoms with Gasteiger partial charge in [0.2, 0.25) is 0 Å². The second-order valence-corrected chi connectivity index (χ2v) is 4.83. The first kappa shape index (κ1) is 11.4. The minimum Gasteiger partial charge on any atom is -0.313 e. The number of aromatic nitrogens is 1. The number of rotatable bonds is 2. The van der Waals surface area contributed by atoms with Gasteiger partial charge in [0.05, 0.1) is 11.2 Å². The summed E-state index contributed by atoms with van der Waals surface area (Å²) in [4.78, 5) is 11.7. The molecule has 0 bridgehead atoms. The van der Waals surface area contributed by atoms with Crippen molar-refractivity contribution >= 4 is 27.2 Å². The number of nitrogens with zero attached hydrogens (tertiary/aromatic N) is 1. The average molecular weight is 280 g/mol. The van der Waals surface area contributed by atoms with Crippen LogP contribution in [0.25, 0.3) is 5.52 Å². The molecule has 0 spiro atoms. The van der Waals surface area contributed by atoms with Crippen LogP contribution in [-0.4, -0.2) is 10.2 Å². The van der Waals surface area contributed by atoms with E-state index >= 15 is 0 Å². The smallest absolute Gasteiger partial charge is 0.176 e. The Morgan fingerprint density at radius 2 is 2.19 bits per heavy atom. The topological polar surface area (TPSA) is 21.5 Å². The van der Waals surface area contributed by atoms with E-state index < -0.39 is 0 Å². The van der Waals surface area contributed by atoms with E-state index in [1.165, 1.54) is 5.56 Å². The van der Waals surface area contributed by atoms with Crippen LogP contribution >= 0.6 is 15.9 Å². The molecule has 0 aliphatic rings. The Labute approximate surface area is 103 Å². The molecule has 0 aliphatic heterocycles. The average Bonchev–Trinajstić information content (AvgIpc) is 2.58. The highest BCUT2D eigenvalue weighted by molar-refractivity contribution is 9.10. The molecule has 0 aromatic carbocycles. The fourth-order valence-corrected chi connectivity index (χ4v) is 2.58. The summed E-state index contributed by atoms with van der Waals surface area (Å²) in [5.74, 6) is 0.112. The third-order valence-corrected chi connectivity index (χ3v) is 3.65. The first-order chi connectivity index (χ1) is 7.56. The van der Waals surface area contributed by atoms with E-state index in [1.807, 2.05) is 23.6 Å². The molecule has 2 rings (SSSR count).